The van der Waals surface area contributed by atoms with Gasteiger partial charge in [-0.15, -0.1) is 11.8 Å². The van der Waals surface area contributed by atoms with Gasteiger partial charge in [0, 0.05) is 17.0 Å². The molecule has 1 aromatic carbocycles. The lowest BCUT2D eigenvalue weighted by molar-refractivity contribution is 0.0600. The summed E-state index contributed by atoms with van der Waals surface area (Å²) >= 11 is 7.61. The van der Waals surface area contributed by atoms with Crippen molar-refractivity contribution in [3.8, 4) is 0 Å². The molecule has 0 atom stereocenters. The van der Waals surface area contributed by atoms with E-state index in [0.717, 1.165) is 15.6 Å². The van der Waals surface area contributed by atoms with Crippen molar-refractivity contribution in [3.05, 3.63) is 58.7 Å². The molecule has 0 aliphatic rings. The van der Waals surface area contributed by atoms with E-state index in [4.69, 9.17) is 11.6 Å². The minimum absolute atomic E-state index is 0.359. The Morgan fingerprint density at radius 1 is 1.37 bits per heavy atom. The molecule has 0 bridgehead atoms. The maximum atomic E-state index is 11.4. The molecule has 0 amide bonds. The number of thioether (sulfide) groups is 1. The zero-order valence-corrected chi connectivity index (χ0v) is 11.9. The summed E-state index contributed by atoms with van der Waals surface area (Å²) in [6.45, 7) is 0. The maximum Gasteiger partial charge on any atom is 0.337 e. The third-order valence-corrected chi connectivity index (χ3v) is 3.83. The van der Waals surface area contributed by atoms with Crippen LogP contribution in [-0.2, 0) is 10.5 Å². The Bertz CT molecular complexity index is 589. The van der Waals surface area contributed by atoms with Gasteiger partial charge in [0.25, 0.3) is 0 Å². The first-order chi connectivity index (χ1) is 9.20. The van der Waals surface area contributed by atoms with Gasteiger partial charge in [-0.1, -0.05) is 29.8 Å². The molecule has 0 N–H and O–H groups in total. The number of carbonyl (C=O) groups is 1. The van der Waals surface area contributed by atoms with Crippen LogP contribution in [0, 0.1) is 0 Å². The van der Waals surface area contributed by atoms with Crippen LogP contribution in [0.15, 0.2) is 47.6 Å². The van der Waals surface area contributed by atoms with E-state index in [1.807, 2.05) is 24.3 Å². The van der Waals surface area contributed by atoms with Gasteiger partial charge in [-0.05, 0) is 23.8 Å². The normalized spacial score (nSPS) is 10.2. The van der Waals surface area contributed by atoms with Gasteiger partial charge < -0.3 is 4.74 Å². The number of hydrogen-bond acceptors (Lipinski definition) is 4. The Hall–Kier alpha value is -1.52. The van der Waals surface area contributed by atoms with E-state index in [0.29, 0.717) is 11.3 Å². The number of methoxy groups -OCH3 is 1. The molecule has 1 heterocycles. The van der Waals surface area contributed by atoms with Crippen molar-refractivity contribution < 1.29 is 9.53 Å². The number of carbonyl (C=O) groups excluding carboxylic acids is 1. The monoisotopic (exact) mass is 293 g/mol. The molecule has 0 aliphatic heterocycles. The standard InChI is InChI=1S/C14H12ClNO2S/c1-18-14(17)10-6-7-16-13(8-10)19-9-11-4-2-3-5-12(11)15/h2-8H,9H2,1H3. The van der Waals surface area contributed by atoms with E-state index in [-0.39, 0.29) is 5.97 Å². The van der Waals surface area contributed by atoms with Crippen LogP contribution in [0.3, 0.4) is 0 Å². The number of nitrogens with zero attached hydrogens (tertiary/aromatic N) is 1. The smallest absolute Gasteiger partial charge is 0.337 e. The average molecular weight is 294 g/mol. The summed E-state index contributed by atoms with van der Waals surface area (Å²) in [5.41, 5.74) is 1.54. The lowest BCUT2D eigenvalue weighted by Gasteiger charge is -2.05. The highest BCUT2D eigenvalue weighted by Gasteiger charge is 2.07. The van der Waals surface area contributed by atoms with Crippen LogP contribution in [0.4, 0.5) is 0 Å². The minimum atomic E-state index is -0.359. The van der Waals surface area contributed by atoms with Crippen molar-refractivity contribution in [1.82, 2.24) is 4.98 Å². The first-order valence-electron chi connectivity index (χ1n) is 5.61. The molecule has 0 unspecified atom stereocenters. The van der Waals surface area contributed by atoms with Gasteiger partial charge in [0.05, 0.1) is 17.7 Å². The molecule has 0 saturated carbocycles. The highest BCUT2D eigenvalue weighted by Crippen LogP contribution is 2.25. The molecule has 0 radical (unpaired) electrons. The fraction of sp³-hybridized carbons (Fsp3) is 0.143. The van der Waals surface area contributed by atoms with Crippen LogP contribution < -0.4 is 0 Å². The zero-order valence-electron chi connectivity index (χ0n) is 10.3. The van der Waals surface area contributed by atoms with E-state index < -0.39 is 0 Å². The molecule has 3 nitrogen and oxygen atoms in total. The maximum absolute atomic E-state index is 11.4. The molecule has 5 heteroatoms. The highest BCUT2D eigenvalue weighted by atomic mass is 35.5. The third kappa shape index (κ3) is 3.72. The third-order valence-electron chi connectivity index (χ3n) is 2.49. The van der Waals surface area contributed by atoms with Gasteiger partial charge in [0.15, 0.2) is 0 Å². The molecular weight excluding hydrogens is 282 g/mol. The van der Waals surface area contributed by atoms with Crippen molar-refractivity contribution >= 4 is 29.3 Å². The van der Waals surface area contributed by atoms with Crippen molar-refractivity contribution in [2.24, 2.45) is 0 Å². The van der Waals surface area contributed by atoms with Crippen LogP contribution >= 0.6 is 23.4 Å². The summed E-state index contributed by atoms with van der Waals surface area (Å²) in [6, 6.07) is 11.0. The second kappa shape index (κ2) is 6.59. The zero-order chi connectivity index (χ0) is 13.7. The van der Waals surface area contributed by atoms with Gasteiger partial charge >= 0.3 is 5.97 Å². The van der Waals surface area contributed by atoms with E-state index >= 15 is 0 Å². The number of hydrogen-bond donors (Lipinski definition) is 0. The molecule has 0 spiro atoms. The molecule has 98 valence electrons. The molecule has 0 saturated heterocycles. The van der Waals surface area contributed by atoms with Gasteiger partial charge in [-0.3, -0.25) is 0 Å². The average Bonchev–Trinajstić information content (AvgIpc) is 2.46. The summed E-state index contributed by atoms with van der Waals surface area (Å²) in [7, 11) is 1.36. The number of halogens is 1. The summed E-state index contributed by atoms with van der Waals surface area (Å²) in [5, 5.41) is 1.50. The van der Waals surface area contributed by atoms with Gasteiger partial charge in [-0.25, -0.2) is 9.78 Å². The van der Waals surface area contributed by atoms with Crippen LogP contribution in [0.1, 0.15) is 15.9 Å². The van der Waals surface area contributed by atoms with E-state index in [2.05, 4.69) is 9.72 Å². The molecule has 2 rings (SSSR count). The number of rotatable bonds is 4. The minimum Gasteiger partial charge on any atom is -0.465 e. The van der Waals surface area contributed by atoms with E-state index in [1.54, 1.807) is 18.3 Å². The number of pyridine rings is 1. The SMILES string of the molecule is COC(=O)c1ccnc(SCc2ccccc2Cl)c1. The van der Waals surface area contributed by atoms with Crippen molar-refractivity contribution in [3.63, 3.8) is 0 Å². The largest absolute Gasteiger partial charge is 0.465 e. The Labute approximate surface area is 121 Å². The Morgan fingerprint density at radius 3 is 2.89 bits per heavy atom. The molecule has 0 aliphatic carbocycles. The molecule has 0 fully saturated rings. The Balaban J connectivity index is 2.08. The lowest BCUT2D eigenvalue weighted by Crippen LogP contribution is -2.01. The number of benzene rings is 1. The highest BCUT2D eigenvalue weighted by molar-refractivity contribution is 7.98. The van der Waals surface area contributed by atoms with E-state index in [1.165, 1.54) is 18.9 Å². The van der Waals surface area contributed by atoms with Crippen molar-refractivity contribution in [2.45, 2.75) is 10.8 Å². The second-order valence-corrected chi connectivity index (χ2v) is 5.16. The molecular formula is C14H12ClNO2S. The first kappa shape index (κ1) is 13.9. The van der Waals surface area contributed by atoms with Crippen LogP contribution in [0.5, 0.6) is 0 Å². The number of ether oxygens (including phenoxy) is 1. The van der Waals surface area contributed by atoms with Gasteiger partial charge in [-0.2, -0.15) is 0 Å². The first-order valence-corrected chi connectivity index (χ1v) is 6.97. The predicted molar refractivity (Wildman–Crippen MR) is 76.6 cm³/mol. The summed E-state index contributed by atoms with van der Waals surface area (Å²) in [5.74, 6) is 0.346. The van der Waals surface area contributed by atoms with Crippen molar-refractivity contribution in [1.29, 1.82) is 0 Å². The van der Waals surface area contributed by atoms with Crippen LogP contribution in [-0.4, -0.2) is 18.1 Å². The number of esters is 1. The fourth-order valence-electron chi connectivity index (χ4n) is 1.50. The lowest BCUT2D eigenvalue weighted by atomic mass is 10.2. The van der Waals surface area contributed by atoms with Gasteiger partial charge in [0.1, 0.15) is 0 Å². The Morgan fingerprint density at radius 2 is 2.16 bits per heavy atom. The van der Waals surface area contributed by atoms with Gasteiger partial charge in [0.2, 0.25) is 0 Å². The molecule has 2 aromatic rings. The summed E-state index contributed by atoms with van der Waals surface area (Å²) < 4.78 is 4.68. The summed E-state index contributed by atoms with van der Waals surface area (Å²) in [4.78, 5) is 15.6. The number of aromatic nitrogens is 1. The second-order valence-electron chi connectivity index (χ2n) is 3.75. The molecule has 19 heavy (non-hydrogen) atoms. The summed E-state index contributed by atoms with van der Waals surface area (Å²) in [6.07, 6.45) is 1.60. The van der Waals surface area contributed by atoms with Crippen molar-refractivity contribution in [2.75, 3.05) is 7.11 Å². The van der Waals surface area contributed by atoms with E-state index in [9.17, 15) is 4.79 Å². The molecule has 1 aromatic heterocycles. The van der Waals surface area contributed by atoms with Crippen LogP contribution in [0.25, 0.3) is 0 Å². The van der Waals surface area contributed by atoms with Crippen LogP contribution in [0.2, 0.25) is 5.02 Å². The Kier molecular flexibility index (Phi) is 4.82. The predicted octanol–water partition coefficient (Wildman–Crippen LogP) is 3.81. The topological polar surface area (TPSA) is 39.2 Å². The fourth-order valence-corrected chi connectivity index (χ4v) is 2.68. The quantitative estimate of drug-likeness (QED) is 0.635.